The summed E-state index contributed by atoms with van der Waals surface area (Å²) in [5, 5.41) is 3.23. The lowest BCUT2D eigenvalue weighted by molar-refractivity contribution is 0.0919. The molecule has 26 heavy (non-hydrogen) atoms. The summed E-state index contributed by atoms with van der Waals surface area (Å²) in [4.78, 5) is 13.0. The number of carbonyl (C=O) groups is 1. The van der Waals surface area contributed by atoms with Crippen LogP contribution >= 0.6 is 0 Å². The van der Waals surface area contributed by atoms with Gasteiger partial charge in [0.1, 0.15) is 11.5 Å². The number of amides is 1. The minimum atomic E-state index is 0.00747. The fourth-order valence-electron chi connectivity index (χ4n) is 3.91. The lowest BCUT2D eigenvalue weighted by Gasteiger charge is -2.23. The maximum atomic E-state index is 13.0. The van der Waals surface area contributed by atoms with Gasteiger partial charge in [0.15, 0.2) is 5.58 Å². The van der Waals surface area contributed by atoms with Crippen LogP contribution in [0, 0.1) is 13.8 Å². The van der Waals surface area contributed by atoms with E-state index in [-0.39, 0.29) is 5.91 Å². The standard InChI is InChI=1S/C22H26N2O2/c1-15-8-10-17(11-9-15)14-24-19-12-16(2)26-21(19)13-20(24)22(25)23-18-6-4-3-5-7-18/h8-13,18H,3-7,14H2,1-2H3,(H,23,25). The second-order valence-corrected chi connectivity index (χ2v) is 7.52. The Balaban J connectivity index is 1.65. The maximum absolute atomic E-state index is 13.0. The van der Waals surface area contributed by atoms with Gasteiger partial charge in [-0.1, -0.05) is 49.1 Å². The second kappa shape index (κ2) is 7.02. The van der Waals surface area contributed by atoms with Crippen LogP contribution in [-0.4, -0.2) is 16.5 Å². The lowest BCUT2D eigenvalue weighted by Crippen LogP contribution is -2.37. The highest BCUT2D eigenvalue weighted by atomic mass is 16.3. The molecule has 0 radical (unpaired) electrons. The number of furan rings is 1. The molecule has 4 rings (SSSR count). The number of aromatic nitrogens is 1. The van der Waals surface area contributed by atoms with Gasteiger partial charge in [-0.25, -0.2) is 0 Å². The van der Waals surface area contributed by atoms with Crippen molar-refractivity contribution < 1.29 is 9.21 Å². The highest BCUT2D eigenvalue weighted by molar-refractivity contribution is 5.97. The molecule has 3 aromatic rings. The first-order valence-electron chi connectivity index (χ1n) is 9.56. The van der Waals surface area contributed by atoms with Gasteiger partial charge in [-0.15, -0.1) is 0 Å². The number of hydrogen-bond donors (Lipinski definition) is 1. The van der Waals surface area contributed by atoms with Crippen LogP contribution in [0.4, 0.5) is 0 Å². The van der Waals surface area contributed by atoms with E-state index in [1.54, 1.807) is 0 Å². The van der Waals surface area contributed by atoms with Gasteiger partial charge in [0.2, 0.25) is 0 Å². The summed E-state index contributed by atoms with van der Waals surface area (Å²) in [6, 6.07) is 12.7. The van der Waals surface area contributed by atoms with Crippen LogP contribution in [0.5, 0.6) is 0 Å². The van der Waals surface area contributed by atoms with Gasteiger partial charge in [-0.05, 0) is 32.3 Å². The smallest absolute Gasteiger partial charge is 0.268 e. The fraction of sp³-hybridized carbons (Fsp3) is 0.409. The Morgan fingerprint density at radius 2 is 1.85 bits per heavy atom. The number of nitrogens with zero attached hydrogens (tertiary/aromatic N) is 1. The zero-order valence-corrected chi connectivity index (χ0v) is 15.5. The molecule has 0 aliphatic heterocycles. The average Bonchev–Trinajstić information content (AvgIpc) is 3.15. The summed E-state index contributed by atoms with van der Waals surface area (Å²) >= 11 is 0. The molecule has 1 saturated carbocycles. The summed E-state index contributed by atoms with van der Waals surface area (Å²) in [6.45, 7) is 4.69. The Kier molecular flexibility index (Phi) is 4.58. The highest BCUT2D eigenvalue weighted by Gasteiger charge is 2.22. The van der Waals surface area contributed by atoms with Crippen molar-refractivity contribution in [2.45, 2.75) is 58.5 Å². The largest absolute Gasteiger partial charge is 0.460 e. The van der Waals surface area contributed by atoms with E-state index in [0.717, 1.165) is 29.7 Å². The molecule has 4 nitrogen and oxygen atoms in total. The molecule has 1 N–H and O–H groups in total. The molecule has 136 valence electrons. The highest BCUT2D eigenvalue weighted by Crippen LogP contribution is 2.26. The number of nitrogens with one attached hydrogen (secondary N) is 1. The normalized spacial score (nSPS) is 15.5. The van der Waals surface area contributed by atoms with Crippen LogP contribution in [0.25, 0.3) is 11.1 Å². The third kappa shape index (κ3) is 3.41. The average molecular weight is 350 g/mol. The first-order valence-corrected chi connectivity index (χ1v) is 9.56. The summed E-state index contributed by atoms with van der Waals surface area (Å²) in [5.41, 5.74) is 4.87. The molecule has 2 aromatic heterocycles. The van der Waals surface area contributed by atoms with Crippen LogP contribution < -0.4 is 5.32 Å². The fourth-order valence-corrected chi connectivity index (χ4v) is 3.91. The van der Waals surface area contributed by atoms with Crippen LogP contribution in [0.3, 0.4) is 0 Å². The van der Waals surface area contributed by atoms with E-state index in [9.17, 15) is 4.79 Å². The molecule has 4 heteroatoms. The zero-order chi connectivity index (χ0) is 18.1. The number of benzene rings is 1. The van der Waals surface area contributed by atoms with E-state index in [1.807, 2.05) is 19.1 Å². The molecule has 0 atom stereocenters. The Labute approximate surface area is 154 Å². The number of aryl methyl sites for hydroxylation is 2. The minimum absolute atomic E-state index is 0.00747. The summed E-state index contributed by atoms with van der Waals surface area (Å²) in [6.07, 6.45) is 5.86. The molecule has 0 saturated heterocycles. The van der Waals surface area contributed by atoms with Gasteiger partial charge < -0.3 is 14.3 Å². The van der Waals surface area contributed by atoms with Crippen LogP contribution in [-0.2, 0) is 6.54 Å². The van der Waals surface area contributed by atoms with Crippen molar-refractivity contribution in [3.05, 3.63) is 59.0 Å². The predicted octanol–water partition coefficient (Wildman–Crippen LogP) is 4.96. The predicted molar refractivity (Wildman–Crippen MR) is 104 cm³/mol. The topological polar surface area (TPSA) is 47.2 Å². The number of fused-ring (bicyclic) bond motifs is 1. The molecular formula is C22H26N2O2. The van der Waals surface area contributed by atoms with Crippen molar-refractivity contribution in [2.75, 3.05) is 0 Å². The molecule has 1 fully saturated rings. The molecular weight excluding hydrogens is 324 g/mol. The summed E-state index contributed by atoms with van der Waals surface area (Å²) < 4.78 is 7.86. The molecule has 1 amide bonds. The van der Waals surface area contributed by atoms with E-state index in [2.05, 4.69) is 41.1 Å². The first kappa shape index (κ1) is 17.0. The number of rotatable bonds is 4. The van der Waals surface area contributed by atoms with Crippen molar-refractivity contribution in [2.24, 2.45) is 0 Å². The third-order valence-electron chi connectivity index (χ3n) is 5.35. The summed E-state index contributed by atoms with van der Waals surface area (Å²) in [5.74, 6) is 0.875. The number of hydrogen-bond acceptors (Lipinski definition) is 2. The molecule has 0 spiro atoms. The maximum Gasteiger partial charge on any atom is 0.268 e. The van der Waals surface area contributed by atoms with Gasteiger partial charge in [0, 0.05) is 24.7 Å². The van der Waals surface area contributed by atoms with Gasteiger partial charge in [-0.3, -0.25) is 4.79 Å². The van der Waals surface area contributed by atoms with Crippen molar-refractivity contribution in [1.29, 1.82) is 0 Å². The van der Waals surface area contributed by atoms with Gasteiger partial charge in [0.05, 0.1) is 5.52 Å². The van der Waals surface area contributed by atoms with Crippen LogP contribution in [0.1, 0.15) is 59.5 Å². The molecule has 0 bridgehead atoms. The Bertz CT molecular complexity index is 912. The monoisotopic (exact) mass is 350 g/mol. The minimum Gasteiger partial charge on any atom is -0.460 e. The van der Waals surface area contributed by atoms with E-state index in [4.69, 9.17) is 4.42 Å². The third-order valence-corrected chi connectivity index (χ3v) is 5.35. The van der Waals surface area contributed by atoms with Crippen molar-refractivity contribution in [3.63, 3.8) is 0 Å². The number of carbonyl (C=O) groups excluding carboxylic acids is 1. The van der Waals surface area contributed by atoms with Crippen LogP contribution in [0.2, 0.25) is 0 Å². The molecule has 1 aliphatic rings. The molecule has 1 aliphatic carbocycles. The summed E-state index contributed by atoms with van der Waals surface area (Å²) in [7, 11) is 0. The van der Waals surface area contributed by atoms with Crippen LogP contribution in [0.15, 0.2) is 40.8 Å². The Morgan fingerprint density at radius 1 is 1.12 bits per heavy atom. The molecule has 0 unspecified atom stereocenters. The Hall–Kier alpha value is -2.49. The zero-order valence-electron chi connectivity index (χ0n) is 15.5. The first-order chi connectivity index (χ1) is 12.6. The molecule has 2 heterocycles. The van der Waals surface area contributed by atoms with E-state index in [0.29, 0.717) is 18.3 Å². The van der Waals surface area contributed by atoms with E-state index < -0.39 is 0 Å². The van der Waals surface area contributed by atoms with Gasteiger partial charge in [-0.2, -0.15) is 0 Å². The van der Waals surface area contributed by atoms with Gasteiger partial charge >= 0.3 is 0 Å². The quantitative estimate of drug-likeness (QED) is 0.723. The Morgan fingerprint density at radius 3 is 2.58 bits per heavy atom. The second-order valence-electron chi connectivity index (χ2n) is 7.52. The molecule has 1 aromatic carbocycles. The van der Waals surface area contributed by atoms with Crippen molar-refractivity contribution in [1.82, 2.24) is 9.88 Å². The lowest BCUT2D eigenvalue weighted by atomic mass is 9.95. The van der Waals surface area contributed by atoms with Gasteiger partial charge in [0.25, 0.3) is 5.91 Å². The van der Waals surface area contributed by atoms with Crippen molar-refractivity contribution >= 4 is 17.0 Å². The van der Waals surface area contributed by atoms with Crippen molar-refractivity contribution in [3.8, 4) is 0 Å². The van der Waals surface area contributed by atoms with E-state index in [1.165, 1.54) is 30.4 Å². The van der Waals surface area contributed by atoms with E-state index >= 15 is 0 Å². The SMILES string of the molecule is Cc1ccc(Cn2c(C(=O)NC3CCCCC3)cc3oc(C)cc32)cc1.